The van der Waals surface area contributed by atoms with Crippen LogP contribution in [0, 0.1) is 0 Å². The van der Waals surface area contributed by atoms with Crippen LogP contribution in [0.15, 0.2) is 35.7 Å². The molecule has 4 unspecified atom stereocenters. The minimum atomic E-state index is -1.34. The number of para-hydroxylation sites is 1. The van der Waals surface area contributed by atoms with E-state index < -0.39 is 31.1 Å². The van der Waals surface area contributed by atoms with E-state index in [2.05, 4.69) is 25.5 Å². The molecule has 0 aliphatic carbocycles. The Morgan fingerprint density at radius 2 is 2.09 bits per heavy atom. The van der Waals surface area contributed by atoms with E-state index in [1.54, 1.807) is 6.21 Å². The molecule has 4 atom stereocenters. The smallest absolute Gasteiger partial charge is 0.228 e. The van der Waals surface area contributed by atoms with E-state index in [0.717, 1.165) is 12.0 Å². The van der Waals surface area contributed by atoms with E-state index >= 15 is 0 Å². The number of fused-ring (bicyclic) bond motifs is 1. The Kier molecular flexibility index (Phi) is 6.46. The summed E-state index contributed by atoms with van der Waals surface area (Å²) in [7, 11) is 0. The Labute approximate surface area is 183 Å². The van der Waals surface area contributed by atoms with Gasteiger partial charge in [0.25, 0.3) is 0 Å². The molecule has 4 rings (SSSR count). The lowest BCUT2D eigenvalue weighted by molar-refractivity contribution is -0.0501. The van der Waals surface area contributed by atoms with E-state index in [1.165, 1.54) is 10.9 Å². The summed E-state index contributed by atoms with van der Waals surface area (Å²) < 4.78 is 12.8. The number of imidazole rings is 1. The molecule has 170 valence electrons. The Morgan fingerprint density at radius 3 is 2.84 bits per heavy atom. The zero-order valence-electron chi connectivity index (χ0n) is 17.4. The number of aliphatic hydroxyl groups excluding tert-OH is 3. The van der Waals surface area contributed by atoms with Crippen molar-refractivity contribution in [1.29, 1.82) is 0 Å². The molecular weight excluding hydrogens is 418 g/mol. The highest BCUT2D eigenvalue weighted by molar-refractivity contribution is 5.85. The Balaban J connectivity index is 1.67. The van der Waals surface area contributed by atoms with E-state index in [-0.39, 0.29) is 22.9 Å². The van der Waals surface area contributed by atoms with Gasteiger partial charge in [-0.05, 0) is 18.6 Å². The fourth-order valence-corrected chi connectivity index (χ4v) is 3.43. The van der Waals surface area contributed by atoms with Gasteiger partial charge in [0.05, 0.1) is 19.4 Å². The molecule has 1 aromatic carbocycles. The predicted molar refractivity (Wildman–Crippen MR) is 116 cm³/mol. The summed E-state index contributed by atoms with van der Waals surface area (Å²) in [5.74, 6) is 0.975. The number of aliphatic hydroxyl groups is 3. The zero-order chi connectivity index (χ0) is 22.7. The molecule has 32 heavy (non-hydrogen) atoms. The van der Waals surface area contributed by atoms with Crippen LogP contribution in [0.2, 0.25) is 0 Å². The summed E-state index contributed by atoms with van der Waals surface area (Å²) in [5.41, 5.74) is 10.1. The van der Waals surface area contributed by atoms with Gasteiger partial charge in [-0.25, -0.2) is 20.4 Å². The van der Waals surface area contributed by atoms with Gasteiger partial charge in [-0.2, -0.15) is 5.10 Å². The highest BCUT2D eigenvalue weighted by atomic mass is 16.6. The molecule has 12 heteroatoms. The Morgan fingerprint density at radius 1 is 1.28 bits per heavy atom. The molecule has 0 amide bonds. The van der Waals surface area contributed by atoms with Crippen molar-refractivity contribution in [3.05, 3.63) is 36.2 Å². The van der Waals surface area contributed by atoms with Gasteiger partial charge in [-0.1, -0.05) is 19.1 Å². The highest BCUT2D eigenvalue weighted by Crippen LogP contribution is 2.35. The number of hydrazone groups is 1. The second-order valence-corrected chi connectivity index (χ2v) is 7.22. The lowest BCUT2D eigenvalue weighted by Gasteiger charge is -2.18. The highest BCUT2D eigenvalue weighted by Gasteiger charge is 2.45. The first kappa shape index (κ1) is 21.9. The van der Waals surface area contributed by atoms with Crippen molar-refractivity contribution >= 4 is 29.1 Å². The van der Waals surface area contributed by atoms with Gasteiger partial charge in [0, 0.05) is 5.56 Å². The van der Waals surface area contributed by atoms with Gasteiger partial charge < -0.3 is 30.5 Å². The van der Waals surface area contributed by atoms with Crippen LogP contribution in [0.25, 0.3) is 11.2 Å². The summed E-state index contributed by atoms with van der Waals surface area (Å²) >= 11 is 0. The van der Waals surface area contributed by atoms with Crippen LogP contribution in [0.5, 0.6) is 5.75 Å². The number of nitrogens with one attached hydrogen (secondary N) is 1. The summed E-state index contributed by atoms with van der Waals surface area (Å²) in [5, 5.41) is 34.4. The normalized spacial score (nSPS) is 23.2. The Bertz CT molecular complexity index is 1110. The van der Waals surface area contributed by atoms with Gasteiger partial charge in [0.15, 0.2) is 23.2 Å². The van der Waals surface area contributed by atoms with Crippen LogP contribution in [-0.2, 0) is 4.74 Å². The molecule has 1 aliphatic rings. The van der Waals surface area contributed by atoms with Crippen LogP contribution < -0.4 is 15.9 Å². The van der Waals surface area contributed by atoms with Crippen molar-refractivity contribution in [3.63, 3.8) is 0 Å². The van der Waals surface area contributed by atoms with E-state index in [1.807, 2.05) is 31.2 Å². The van der Waals surface area contributed by atoms with Gasteiger partial charge in [0.2, 0.25) is 5.95 Å². The Hall–Kier alpha value is -3.32. The number of aromatic nitrogens is 4. The number of hydrogen-bond acceptors (Lipinski definition) is 11. The summed E-state index contributed by atoms with van der Waals surface area (Å²) in [4.78, 5) is 12.5. The van der Waals surface area contributed by atoms with Gasteiger partial charge in [0.1, 0.15) is 30.4 Å². The fourth-order valence-electron chi connectivity index (χ4n) is 3.43. The molecule has 12 nitrogen and oxygen atoms in total. The second-order valence-electron chi connectivity index (χ2n) is 7.22. The molecule has 0 radical (unpaired) electrons. The number of anilines is 2. The molecule has 1 aliphatic heterocycles. The van der Waals surface area contributed by atoms with Crippen molar-refractivity contribution in [3.8, 4) is 5.75 Å². The van der Waals surface area contributed by atoms with Crippen LogP contribution in [-0.4, -0.2) is 72.6 Å². The molecule has 0 spiro atoms. The molecule has 0 bridgehead atoms. The van der Waals surface area contributed by atoms with Crippen LogP contribution in [0.1, 0.15) is 25.1 Å². The zero-order valence-corrected chi connectivity index (χ0v) is 17.4. The topological polar surface area (TPSA) is 173 Å². The van der Waals surface area contributed by atoms with Crippen LogP contribution in [0.4, 0.5) is 11.8 Å². The minimum Gasteiger partial charge on any atom is -0.493 e. The number of nitrogen functional groups attached to an aromatic ring is 1. The molecule has 1 fully saturated rings. The summed E-state index contributed by atoms with van der Waals surface area (Å²) in [6.45, 7) is 2.14. The quantitative estimate of drug-likeness (QED) is 0.240. The average Bonchev–Trinajstić information content (AvgIpc) is 3.31. The van der Waals surface area contributed by atoms with Gasteiger partial charge in [-0.15, -0.1) is 0 Å². The maximum absolute atomic E-state index is 10.5. The molecule has 3 aromatic rings. The number of rotatable bonds is 8. The molecule has 0 saturated carbocycles. The summed E-state index contributed by atoms with van der Waals surface area (Å²) in [6, 6.07) is 7.44. The number of nitrogens with two attached hydrogens (primary N) is 1. The molecular formula is C20H25N7O5. The SMILES string of the molecule is CCCOc1ccccc1C=NNc1nc2c(N)ncnc2n1C1OC(CO)C(O)C1O. The minimum absolute atomic E-state index is 0.130. The van der Waals surface area contributed by atoms with Gasteiger partial charge >= 0.3 is 0 Å². The predicted octanol–water partition coefficient (Wildman–Crippen LogP) is 0.255. The summed E-state index contributed by atoms with van der Waals surface area (Å²) in [6.07, 6.45) is -0.980. The third kappa shape index (κ3) is 4.08. The van der Waals surface area contributed by atoms with Crippen molar-refractivity contribution in [2.24, 2.45) is 5.10 Å². The van der Waals surface area contributed by atoms with E-state index in [9.17, 15) is 15.3 Å². The number of hydrogen-bond donors (Lipinski definition) is 5. The van der Waals surface area contributed by atoms with Crippen LogP contribution >= 0.6 is 0 Å². The lowest BCUT2D eigenvalue weighted by atomic mass is 10.1. The van der Waals surface area contributed by atoms with Gasteiger partial charge in [-0.3, -0.25) is 4.57 Å². The first-order valence-electron chi connectivity index (χ1n) is 10.2. The third-order valence-corrected chi connectivity index (χ3v) is 5.03. The second kappa shape index (κ2) is 9.44. The largest absolute Gasteiger partial charge is 0.493 e. The molecule has 3 heterocycles. The fraction of sp³-hybridized carbons (Fsp3) is 0.400. The molecule has 6 N–H and O–H groups in total. The van der Waals surface area contributed by atoms with Crippen LogP contribution in [0.3, 0.4) is 0 Å². The number of benzene rings is 1. The number of nitrogens with zero attached hydrogens (tertiary/aromatic N) is 5. The lowest BCUT2D eigenvalue weighted by Crippen LogP contribution is -2.33. The van der Waals surface area contributed by atoms with Crippen molar-refractivity contribution in [2.75, 3.05) is 24.4 Å². The standard InChI is InChI=1S/C20H25N7O5/c1-2-7-31-12-6-4-3-5-11(12)8-24-26-20-25-14-17(21)22-10-23-18(14)27(20)19-16(30)15(29)13(9-28)32-19/h3-6,8,10,13,15-16,19,28-30H,2,7,9H2,1H3,(H,25,26)(H2,21,22,23). The van der Waals surface area contributed by atoms with E-state index in [0.29, 0.717) is 12.4 Å². The average molecular weight is 443 g/mol. The van der Waals surface area contributed by atoms with Crippen molar-refractivity contribution < 1.29 is 24.8 Å². The first-order valence-corrected chi connectivity index (χ1v) is 10.2. The monoisotopic (exact) mass is 443 g/mol. The number of ether oxygens (including phenoxy) is 2. The van der Waals surface area contributed by atoms with E-state index in [4.69, 9.17) is 15.2 Å². The maximum Gasteiger partial charge on any atom is 0.228 e. The molecule has 2 aromatic heterocycles. The third-order valence-electron chi connectivity index (χ3n) is 5.03. The molecule has 1 saturated heterocycles. The first-order chi connectivity index (χ1) is 15.5. The van der Waals surface area contributed by atoms with Crippen molar-refractivity contribution in [2.45, 2.75) is 37.9 Å². The maximum atomic E-state index is 10.5. The van der Waals surface area contributed by atoms with Crippen molar-refractivity contribution in [1.82, 2.24) is 19.5 Å².